The number of nitrogens with zero attached hydrogens (tertiary/aromatic N) is 3. The Morgan fingerprint density at radius 3 is 3.00 bits per heavy atom. The van der Waals surface area contributed by atoms with E-state index in [0.717, 1.165) is 12.8 Å². The Balaban J connectivity index is 1.82. The zero-order valence-corrected chi connectivity index (χ0v) is 13.7. The smallest absolute Gasteiger partial charge is 0.273 e. The molecule has 1 N–H and O–H groups in total. The van der Waals surface area contributed by atoms with Gasteiger partial charge in [0.1, 0.15) is 10.6 Å². The van der Waals surface area contributed by atoms with E-state index in [9.17, 15) is 13.2 Å². The molecule has 1 aliphatic heterocycles. The molecule has 0 unspecified atom stereocenters. The van der Waals surface area contributed by atoms with Crippen LogP contribution in [0.15, 0.2) is 22.0 Å². The monoisotopic (exact) mass is 340 g/mol. The molecule has 7 nitrogen and oxygen atoms in total. The Bertz CT molecular complexity index is 767. The van der Waals surface area contributed by atoms with Crippen LogP contribution in [0.4, 0.5) is 0 Å². The number of rotatable bonds is 3. The lowest BCUT2D eigenvalue weighted by Crippen LogP contribution is -2.39. The average Bonchev–Trinajstić information content (AvgIpc) is 3.17. The molecule has 0 aromatic carbocycles. The van der Waals surface area contributed by atoms with Crippen molar-refractivity contribution in [3.8, 4) is 0 Å². The van der Waals surface area contributed by atoms with E-state index in [2.05, 4.69) is 15.2 Å². The normalized spacial score (nSPS) is 19.3. The molecule has 1 fully saturated rings. The summed E-state index contributed by atoms with van der Waals surface area (Å²) >= 11 is 1.38. The topological polar surface area (TPSA) is 96.0 Å². The molecule has 0 saturated carbocycles. The molecule has 0 aliphatic carbocycles. The number of H-pyrrole nitrogens is 1. The minimum atomic E-state index is -3.33. The van der Waals surface area contributed by atoms with Gasteiger partial charge >= 0.3 is 0 Å². The molecule has 0 radical (unpaired) electrons. The van der Waals surface area contributed by atoms with Gasteiger partial charge in [-0.2, -0.15) is 5.10 Å². The van der Waals surface area contributed by atoms with Crippen molar-refractivity contribution in [3.05, 3.63) is 28.5 Å². The molecule has 1 atom stereocenters. The van der Waals surface area contributed by atoms with Crippen molar-refractivity contribution < 1.29 is 13.2 Å². The van der Waals surface area contributed by atoms with Crippen molar-refractivity contribution in [2.24, 2.45) is 0 Å². The molecule has 22 heavy (non-hydrogen) atoms. The van der Waals surface area contributed by atoms with Crippen LogP contribution in [0.1, 0.15) is 34.9 Å². The minimum Gasteiger partial charge on any atom is -0.337 e. The first-order valence-corrected chi connectivity index (χ1v) is 9.71. The van der Waals surface area contributed by atoms with Gasteiger partial charge in [0, 0.05) is 30.6 Å². The third-order valence-electron chi connectivity index (χ3n) is 3.80. The van der Waals surface area contributed by atoms with Crippen molar-refractivity contribution in [2.45, 2.75) is 23.7 Å². The zero-order valence-electron chi connectivity index (χ0n) is 12.0. The molecule has 0 bridgehead atoms. The Kier molecular flexibility index (Phi) is 4.00. The molecular weight excluding hydrogens is 324 g/mol. The van der Waals surface area contributed by atoms with Gasteiger partial charge in [-0.25, -0.2) is 13.4 Å². The number of hydrogen-bond donors (Lipinski definition) is 1. The maximum absolute atomic E-state index is 12.4. The summed E-state index contributed by atoms with van der Waals surface area (Å²) < 4.78 is 23.6. The fourth-order valence-electron chi connectivity index (χ4n) is 2.75. The SMILES string of the molecule is CS(=O)(=O)c1cn[nH]c1[C@@H]1CCCN(C(=O)c2cscn2)C1. The second-order valence-electron chi connectivity index (χ2n) is 5.38. The number of aromatic nitrogens is 3. The quantitative estimate of drug-likeness (QED) is 0.908. The summed E-state index contributed by atoms with van der Waals surface area (Å²) in [5.74, 6) is -0.157. The van der Waals surface area contributed by atoms with Crippen LogP contribution in [0.2, 0.25) is 0 Å². The van der Waals surface area contributed by atoms with E-state index < -0.39 is 9.84 Å². The van der Waals surface area contributed by atoms with Crippen LogP contribution < -0.4 is 0 Å². The first-order chi connectivity index (χ1) is 10.5. The lowest BCUT2D eigenvalue weighted by molar-refractivity contribution is 0.0700. The van der Waals surface area contributed by atoms with Crippen LogP contribution in [0, 0.1) is 0 Å². The van der Waals surface area contributed by atoms with E-state index in [1.165, 1.54) is 23.8 Å². The second kappa shape index (κ2) is 5.81. The first-order valence-electron chi connectivity index (χ1n) is 6.87. The van der Waals surface area contributed by atoms with Crippen molar-refractivity contribution in [1.82, 2.24) is 20.1 Å². The predicted octanol–water partition coefficient (Wildman–Crippen LogP) is 1.29. The van der Waals surface area contributed by atoms with Crippen molar-refractivity contribution in [3.63, 3.8) is 0 Å². The van der Waals surface area contributed by atoms with Gasteiger partial charge in [0.15, 0.2) is 9.84 Å². The number of sulfone groups is 1. The van der Waals surface area contributed by atoms with Gasteiger partial charge in [-0.3, -0.25) is 9.89 Å². The van der Waals surface area contributed by atoms with E-state index in [4.69, 9.17) is 0 Å². The number of amides is 1. The summed E-state index contributed by atoms with van der Waals surface area (Å²) in [6.07, 6.45) is 4.16. The third-order valence-corrected chi connectivity index (χ3v) is 5.51. The molecule has 118 valence electrons. The molecule has 2 aromatic rings. The summed E-state index contributed by atoms with van der Waals surface area (Å²) in [4.78, 5) is 18.4. The number of thiazole rings is 1. The Morgan fingerprint density at radius 1 is 1.50 bits per heavy atom. The summed E-state index contributed by atoms with van der Waals surface area (Å²) in [5.41, 5.74) is 2.67. The molecule has 1 saturated heterocycles. The van der Waals surface area contributed by atoms with Gasteiger partial charge in [-0.05, 0) is 12.8 Å². The van der Waals surface area contributed by atoms with Gasteiger partial charge in [0.05, 0.1) is 17.4 Å². The van der Waals surface area contributed by atoms with Crippen LogP contribution >= 0.6 is 11.3 Å². The zero-order chi connectivity index (χ0) is 15.7. The highest BCUT2D eigenvalue weighted by atomic mass is 32.2. The second-order valence-corrected chi connectivity index (χ2v) is 8.09. The number of likely N-dealkylation sites (tertiary alicyclic amines) is 1. The molecule has 3 rings (SSSR count). The third kappa shape index (κ3) is 2.91. The van der Waals surface area contributed by atoms with E-state index in [1.807, 2.05) is 0 Å². The largest absolute Gasteiger partial charge is 0.337 e. The van der Waals surface area contributed by atoms with Gasteiger partial charge in [0.25, 0.3) is 5.91 Å². The van der Waals surface area contributed by atoms with Gasteiger partial charge in [0.2, 0.25) is 0 Å². The molecule has 2 aromatic heterocycles. The molecular formula is C13H16N4O3S2. The standard InChI is InChI=1S/C13H16N4O3S2/c1-22(19,20)11-5-15-16-12(11)9-3-2-4-17(6-9)13(18)10-7-21-8-14-10/h5,7-9H,2-4,6H2,1H3,(H,15,16)/t9-/m1/s1. The molecule has 1 amide bonds. The van der Waals surface area contributed by atoms with E-state index in [0.29, 0.717) is 24.5 Å². The molecule has 1 aliphatic rings. The Labute approximate surface area is 132 Å². The molecule has 0 spiro atoms. The lowest BCUT2D eigenvalue weighted by Gasteiger charge is -2.32. The van der Waals surface area contributed by atoms with Gasteiger partial charge < -0.3 is 4.90 Å². The fraction of sp³-hybridized carbons (Fsp3) is 0.462. The Hall–Kier alpha value is -1.74. The summed E-state index contributed by atoms with van der Waals surface area (Å²) in [7, 11) is -3.33. The average molecular weight is 340 g/mol. The van der Waals surface area contributed by atoms with E-state index in [-0.39, 0.29) is 16.7 Å². The maximum Gasteiger partial charge on any atom is 0.273 e. The summed E-state index contributed by atoms with van der Waals surface area (Å²) in [5, 5.41) is 8.39. The van der Waals surface area contributed by atoms with Crippen molar-refractivity contribution in [1.29, 1.82) is 0 Å². The van der Waals surface area contributed by atoms with E-state index in [1.54, 1.807) is 15.8 Å². The lowest BCUT2D eigenvalue weighted by atomic mass is 9.94. The molecule has 9 heteroatoms. The summed E-state index contributed by atoms with van der Waals surface area (Å²) in [6, 6.07) is 0. The number of piperidine rings is 1. The van der Waals surface area contributed by atoms with Crippen LogP contribution in [-0.4, -0.2) is 53.8 Å². The highest BCUT2D eigenvalue weighted by molar-refractivity contribution is 7.90. The predicted molar refractivity (Wildman–Crippen MR) is 81.7 cm³/mol. The number of nitrogens with one attached hydrogen (secondary N) is 1. The summed E-state index contributed by atoms with van der Waals surface area (Å²) in [6.45, 7) is 1.14. The Morgan fingerprint density at radius 2 is 2.32 bits per heavy atom. The number of carbonyl (C=O) groups is 1. The van der Waals surface area contributed by atoms with Crippen LogP contribution in [0.3, 0.4) is 0 Å². The minimum absolute atomic E-state index is 0.0523. The van der Waals surface area contributed by atoms with Crippen molar-refractivity contribution in [2.75, 3.05) is 19.3 Å². The van der Waals surface area contributed by atoms with Crippen LogP contribution in [-0.2, 0) is 9.84 Å². The van der Waals surface area contributed by atoms with Crippen molar-refractivity contribution >= 4 is 27.1 Å². The van der Waals surface area contributed by atoms with E-state index >= 15 is 0 Å². The van der Waals surface area contributed by atoms with Gasteiger partial charge in [-0.1, -0.05) is 0 Å². The number of hydrogen-bond acceptors (Lipinski definition) is 6. The molecule has 3 heterocycles. The van der Waals surface area contributed by atoms with Gasteiger partial charge in [-0.15, -0.1) is 11.3 Å². The fourth-order valence-corrected chi connectivity index (χ4v) is 4.13. The highest BCUT2D eigenvalue weighted by Gasteiger charge is 2.30. The van der Waals surface area contributed by atoms with Crippen LogP contribution in [0.25, 0.3) is 0 Å². The first kappa shape index (κ1) is 15.2. The maximum atomic E-state index is 12.4. The van der Waals surface area contributed by atoms with Crippen LogP contribution in [0.5, 0.6) is 0 Å². The number of carbonyl (C=O) groups excluding carboxylic acids is 1. The number of aromatic amines is 1. The highest BCUT2D eigenvalue weighted by Crippen LogP contribution is 2.30.